The second-order valence-electron chi connectivity index (χ2n) is 8.94. The van der Waals surface area contributed by atoms with E-state index in [1.165, 1.54) is 11.1 Å². The molecule has 1 heterocycles. The molecule has 4 heteroatoms. The van der Waals surface area contributed by atoms with E-state index in [0.717, 1.165) is 45.1 Å². The number of esters is 1. The first-order valence-electron chi connectivity index (χ1n) is 11.3. The van der Waals surface area contributed by atoms with Crippen molar-refractivity contribution in [2.45, 2.75) is 62.8 Å². The number of hydrogen-bond acceptors (Lipinski definition) is 4. The number of aryl methyl sites for hydroxylation is 1. The third-order valence-corrected chi connectivity index (χ3v) is 7.43. The zero-order valence-corrected chi connectivity index (χ0v) is 17.9. The molecule has 3 unspecified atom stereocenters. The van der Waals surface area contributed by atoms with Crippen molar-refractivity contribution in [3.05, 3.63) is 65.7 Å². The molecule has 1 saturated heterocycles. The molecule has 30 heavy (non-hydrogen) atoms. The molecule has 0 spiro atoms. The van der Waals surface area contributed by atoms with Gasteiger partial charge in [0.25, 0.3) is 0 Å². The summed E-state index contributed by atoms with van der Waals surface area (Å²) in [7, 11) is 0. The van der Waals surface area contributed by atoms with Crippen molar-refractivity contribution in [3.63, 3.8) is 0 Å². The van der Waals surface area contributed by atoms with Crippen LogP contribution in [0, 0.1) is 5.92 Å². The van der Waals surface area contributed by atoms with E-state index >= 15 is 0 Å². The Bertz CT molecular complexity index is 854. The molecule has 0 amide bonds. The van der Waals surface area contributed by atoms with Crippen LogP contribution in [0.2, 0.25) is 0 Å². The maximum atomic E-state index is 12.7. The molecule has 2 aliphatic rings. The van der Waals surface area contributed by atoms with Gasteiger partial charge in [-0.15, -0.1) is 0 Å². The topological polar surface area (TPSA) is 58.6 Å². The summed E-state index contributed by atoms with van der Waals surface area (Å²) >= 11 is 0. The third kappa shape index (κ3) is 3.98. The smallest absolute Gasteiger partial charge is 0.306 e. The summed E-state index contributed by atoms with van der Waals surface area (Å²) in [5.41, 5.74) is 2.31. The Kier molecular flexibility index (Phi) is 6.14. The Hall–Kier alpha value is -2.33. The minimum Gasteiger partial charge on any atom is -0.508 e. The summed E-state index contributed by atoms with van der Waals surface area (Å²) in [5.74, 6) is 0.342. The molecule has 0 radical (unpaired) electrons. The van der Waals surface area contributed by atoms with Crippen molar-refractivity contribution >= 4 is 5.97 Å². The molecule has 1 aliphatic carbocycles. The first-order valence-corrected chi connectivity index (χ1v) is 11.3. The summed E-state index contributed by atoms with van der Waals surface area (Å²) < 4.78 is 5.41. The molecule has 1 saturated carbocycles. The highest BCUT2D eigenvalue weighted by molar-refractivity contribution is 5.70. The molecule has 2 bridgehead atoms. The molecule has 160 valence electrons. The van der Waals surface area contributed by atoms with Crippen LogP contribution in [-0.2, 0) is 21.4 Å². The van der Waals surface area contributed by atoms with E-state index in [0.29, 0.717) is 18.8 Å². The van der Waals surface area contributed by atoms with Crippen LogP contribution in [0.5, 0.6) is 5.75 Å². The van der Waals surface area contributed by atoms with Gasteiger partial charge in [0.15, 0.2) is 0 Å². The number of phenols is 1. The first-order chi connectivity index (χ1) is 14.6. The minimum absolute atomic E-state index is 0.0927. The van der Waals surface area contributed by atoms with Crippen molar-refractivity contribution in [2.75, 3.05) is 13.2 Å². The lowest BCUT2D eigenvalue weighted by atomic mass is 9.50. The molecular weight excluding hydrogens is 374 g/mol. The third-order valence-electron chi connectivity index (χ3n) is 7.43. The second-order valence-corrected chi connectivity index (χ2v) is 8.94. The van der Waals surface area contributed by atoms with Crippen molar-refractivity contribution in [3.8, 4) is 5.75 Å². The van der Waals surface area contributed by atoms with Gasteiger partial charge in [0.2, 0.25) is 0 Å². The van der Waals surface area contributed by atoms with Crippen LogP contribution in [0.3, 0.4) is 0 Å². The molecule has 4 nitrogen and oxygen atoms in total. The molecule has 2 aromatic rings. The fourth-order valence-corrected chi connectivity index (χ4v) is 6.12. The molecule has 0 aromatic heterocycles. The van der Waals surface area contributed by atoms with E-state index < -0.39 is 0 Å². The van der Waals surface area contributed by atoms with E-state index in [-0.39, 0.29) is 22.8 Å². The summed E-state index contributed by atoms with van der Waals surface area (Å²) in [6.45, 7) is 3.22. The molecule has 3 atom stereocenters. The van der Waals surface area contributed by atoms with Crippen molar-refractivity contribution in [1.82, 2.24) is 5.32 Å². The normalized spacial score (nSPS) is 28.1. The van der Waals surface area contributed by atoms with Crippen molar-refractivity contribution < 1.29 is 14.6 Å². The number of ether oxygens (including phenoxy) is 1. The van der Waals surface area contributed by atoms with E-state index in [1.54, 1.807) is 6.07 Å². The Morgan fingerprint density at radius 1 is 1.13 bits per heavy atom. The van der Waals surface area contributed by atoms with E-state index in [2.05, 4.69) is 41.7 Å². The van der Waals surface area contributed by atoms with Gasteiger partial charge in [-0.2, -0.15) is 0 Å². The van der Waals surface area contributed by atoms with Crippen LogP contribution >= 0.6 is 0 Å². The van der Waals surface area contributed by atoms with Gasteiger partial charge in [0.05, 0.1) is 13.0 Å². The van der Waals surface area contributed by atoms with Crippen LogP contribution < -0.4 is 5.32 Å². The number of piperidine rings is 1. The van der Waals surface area contributed by atoms with Crippen LogP contribution in [0.4, 0.5) is 0 Å². The Balaban J connectivity index is 1.70. The molecule has 2 aromatic carbocycles. The van der Waals surface area contributed by atoms with Crippen LogP contribution in [0.1, 0.15) is 56.6 Å². The average Bonchev–Trinajstić information content (AvgIpc) is 2.74. The summed E-state index contributed by atoms with van der Waals surface area (Å²) in [6.07, 6.45) is 6.64. The SMILES string of the molecule is CCOC(=O)CC1C2(CCc3ccccc3)CCCC1(c1cccc(O)c1)CCN2. The van der Waals surface area contributed by atoms with E-state index in [4.69, 9.17) is 4.74 Å². The highest BCUT2D eigenvalue weighted by Crippen LogP contribution is 2.56. The number of benzene rings is 2. The molecule has 4 rings (SSSR count). The predicted molar refractivity (Wildman–Crippen MR) is 118 cm³/mol. The molecule has 2 fully saturated rings. The zero-order valence-electron chi connectivity index (χ0n) is 17.9. The minimum atomic E-state index is -0.110. The number of fused-ring (bicyclic) bond motifs is 2. The molecule has 2 N–H and O–H groups in total. The molecular formula is C26H33NO3. The van der Waals surface area contributed by atoms with Crippen LogP contribution in [-0.4, -0.2) is 29.8 Å². The maximum Gasteiger partial charge on any atom is 0.306 e. The first kappa shape index (κ1) is 20.9. The number of nitrogens with one attached hydrogen (secondary N) is 1. The number of phenolic OH excluding ortho intramolecular Hbond substituents is 1. The van der Waals surface area contributed by atoms with E-state index in [1.807, 2.05) is 19.1 Å². The van der Waals surface area contributed by atoms with Crippen molar-refractivity contribution in [2.24, 2.45) is 5.92 Å². The van der Waals surface area contributed by atoms with E-state index in [9.17, 15) is 9.90 Å². The molecule has 1 aliphatic heterocycles. The predicted octanol–water partition coefficient (Wildman–Crippen LogP) is 4.75. The highest BCUT2D eigenvalue weighted by Gasteiger charge is 2.56. The van der Waals surface area contributed by atoms with Crippen LogP contribution in [0.15, 0.2) is 54.6 Å². The summed E-state index contributed by atoms with van der Waals surface area (Å²) in [5, 5.41) is 14.1. The highest BCUT2D eigenvalue weighted by atomic mass is 16.5. The zero-order chi connectivity index (χ0) is 21.0. The van der Waals surface area contributed by atoms with Gasteiger partial charge in [0.1, 0.15) is 5.75 Å². The Morgan fingerprint density at radius 3 is 2.73 bits per heavy atom. The van der Waals surface area contributed by atoms with Crippen LogP contribution in [0.25, 0.3) is 0 Å². The van der Waals surface area contributed by atoms with Gasteiger partial charge in [-0.1, -0.05) is 48.9 Å². The number of carbonyl (C=O) groups is 1. The maximum absolute atomic E-state index is 12.7. The number of carbonyl (C=O) groups excluding carboxylic acids is 1. The standard InChI is InChI=1S/C26H33NO3/c1-2-30-24(29)19-23-25(21-10-6-11-22(28)18-21)13-7-14-26(23,27-17-16-25)15-12-20-8-4-3-5-9-20/h3-6,8-11,18,23,27-28H,2,7,12-17,19H2,1H3. The number of rotatable bonds is 7. The second kappa shape index (κ2) is 8.81. The fraction of sp³-hybridized carbons (Fsp3) is 0.500. The van der Waals surface area contributed by atoms with Gasteiger partial charge < -0.3 is 15.2 Å². The fourth-order valence-electron chi connectivity index (χ4n) is 6.12. The Labute approximate surface area is 179 Å². The lowest BCUT2D eigenvalue weighted by Gasteiger charge is -2.59. The van der Waals surface area contributed by atoms with Gasteiger partial charge in [-0.25, -0.2) is 0 Å². The van der Waals surface area contributed by atoms with Gasteiger partial charge in [-0.05, 0) is 74.8 Å². The summed E-state index contributed by atoms with van der Waals surface area (Å²) in [6, 6.07) is 18.3. The van der Waals surface area contributed by atoms with Gasteiger partial charge in [-0.3, -0.25) is 4.79 Å². The quantitative estimate of drug-likeness (QED) is 0.651. The monoisotopic (exact) mass is 407 g/mol. The largest absolute Gasteiger partial charge is 0.508 e. The Morgan fingerprint density at radius 2 is 1.97 bits per heavy atom. The average molecular weight is 408 g/mol. The van der Waals surface area contributed by atoms with Gasteiger partial charge in [0, 0.05) is 11.0 Å². The van der Waals surface area contributed by atoms with Gasteiger partial charge >= 0.3 is 5.97 Å². The number of hydrogen-bond donors (Lipinski definition) is 2. The lowest BCUT2D eigenvalue weighted by molar-refractivity contribution is -0.147. The number of aromatic hydroxyl groups is 1. The lowest BCUT2D eigenvalue weighted by Crippen LogP contribution is -2.66. The van der Waals surface area contributed by atoms with Crippen molar-refractivity contribution in [1.29, 1.82) is 0 Å². The summed E-state index contributed by atoms with van der Waals surface area (Å²) in [4.78, 5) is 12.7.